The number of carboxylic acids is 3. The lowest BCUT2D eigenvalue weighted by atomic mass is 9.83. The van der Waals surface area contributed by atoms with Gasteiger partial charge in [0, 0.05) is 63.2 Å². The highest BCUT2D eigenvalue weighted by Gasteiger charge is 2.49. The normalized spacial score (nSPS) is 22.2. The van der Waals surface area contributed by atoms with Gasteiger partial charge in [-0.15, -0.1) is 0 Å². The summed E-state index contributed by atoms with van der Waals surface area (Å²) in [6.07, 6.45) is -0.00551. The fraction of sp³-hybridized carbons (Fsp3) is 0.500. The van der Waals surface area contributed by atoms with Gasteiger partial charge in [0.15, 0.2) is 0 Å². The predicted molar refractivity (Wildman–Crippen MR) is 212 cm³/mol. The summed E-state index contributed by atoms with van der Waals surface area (Å²) in [5, 5.41) is 38.7. The first-order valence-electron chi connectivity index (χ1n) is 20.2. The van der Waals surface area contributed by atoms with Gasteiger partial charge < -0.3 is 40.9 Å². The largest absolute Gasteiger partial charge is 0.492 e. The molecule has 318 valence electrons. The summed E-state index contributed by atoms with van der Waals surface area (Å²) in [6, 6.07) is 19.9. The molecule has 3 aromatic rings. The second-order valence-corrected chi connectivity index (χ2v) is 16.2. The molecule has 12 nitrogen and oxygen atoms in total. The number of alkyl halides is 3. The molecule has 0 spiro atoms. The van der Waals surface area contributed by atoms with E-state index in [-0.39, 0.29) is 70.9 Å². The van der Waals surface area contributed by atoms with Gasteiger partial charge in [0.25, 0.3) is 0 Å². The van der Waals surface area contributed by atoms with Gasteiger partial charge in [-0.1, -0.05) is 60.7 Å². The fourth-order valence-electron chi connectivity index (χ4n) is 8.72. The van der Waals surface area contributed by atoms with Gasteiger partial charge in [0.05, 0.1) is 13.0 Å². The van der Waals surface area contributed by atoms with E-state index < -0.39 is 52.7 Å². The number of carbonyl (C=O) groups excluding carboxylic acids is 1. The van der Waals surface area contributed by atoms with E-state index >= 15 is 13.2 Å². The third-order valence-electron chi connectivity index (χ3n) is 12.2. The lowest BCUT2D eigenvalue weighted by Crippen LogP contribution is -2.44. The quantitative estimate of drug-likeness (QED) is 0.0965. The zero-order valence-corrected chi connectivity index (χ0v) is 32.9. The molecule has 6 unspecified atom stereocenters. The van der Waals surface area contributed by atoms with Gasteiger partial charge in [0.1, 0.15) is 12.4 Å². The number of hydrogen-bond acceptors (Lipinski definition) is 8. The molecule has 6 N–H and O–H groups in total. The summed E-state index contributed by atoms with van der Waals surface area (Å²) in [7, 11) is 0. The van der Waals surface area contributed by atoms with Crippen LogP contribution in [0.3, 0.4) is 0 Å². The number of nitrogens with zero attached hydrogens (tertiary/aromatic N) is 1. The van der Waals surface area contributed by atoms with Crippen LogP contribution in [0.4, 0.5) is 13.2 Å². The van der Waals surface area contributed by atoms with Crippen LogP contribution in [0.2, 0.25) is 0 Å². The first-order valence-corrected chi connectivity index (χ1v) is 20.2. The summed E-state index contributed by atoms with van der Waals surface area (Å²) in [4.78, 5) is 52.0. The zero-order valence-electron chi connectivity index (χ0n) is 32.9. The Morgan fingerprint density at radius 1 is 0.610 bits per heavy atom. The van der Waals surface area contributed by atoms with Crippen LogP contribution in [0.15, 0.2) is 72.8 Å². The van der Waals surface area contributed by atoms with Crippen molar-refractivity contribution in [2.45, 2.75) is 68.5 Å². The van der Waals surface area contributed by atoms with Crippen molar-refractivity contribution < 1.29 is 52.4 Å². The van der Waals surface area contributed by atoms with Crippen molar-refractivity contribution in [2.75, 3.05) is 52.4 Å². The standard InChI is InChI=1S/C44H53F3N4O8/c45-42(39(53)54,34-10-13-48-25-34)22-30-5-1-4-29(18-30)21-38(52)51(28-33-8-2-6-31(19-33)23-43(46,40(55)56)35-11-14-49-26-35)16-17-59-37-9-3-7-32(20-37)24-44(47,41(57)58)36-12-15-50-27-36/h1-9,18-20,34-36,48-50H,10-17,21-28H2,(H,53,54)(H,55,56)(H,57,58). The molecule has 0 aromatic heterocycles. The van der Waals surface area contributed by atoms with Crippen molar-refractivity contribution in [3.05, 3.63) is 101 Å². The maximum atomic E-state index is 16.1. The van der Waals surface area contributed by atoms with E-state index in [1.54, 1.807) is 72.8 Å². The Labute approximate surface area is 341 Å². The number of nitrogens with one attached hydrogen (secondary N) is 3. The van der Waals surface area contributed by atoms with Crippen LogP contribution in [0.25, 0.3) is 0 Å². The molecule has 1 amide bonds. The number of amides is 1. The highest BCUT2D eigenvalue weighted by atomic mass is 19.2. The SMILES string of the molecule is O=C(Cc1cccc(CC(F)(C(=O)O)C2CCNC2)c1)N(CCOc1cccc(CC(F)(C(=O)O)C2CCNC2)c1)Cc1cccc(CC(F)(C(=O)O)C2CCNC2)c1. The Balaban J connectivity index is 1.19. The van der Waals surface area contributed by atoms with Crippen molar-refractivity contribution >= 4 is 23.8 Å². The molecule has 3 aliphatic heterocycles. The molecule has 3 fully saturated rings. The number of rotatable bonds is 20. The second kappa shape index (κ2) is 18.9. The zero-order chi connectivity index (χ0) is 42.2. The lowest BCUT2D eigenvalue weighted by molar-refractivity contribution is -0.155. The number of carbonyl (C=O) groups is 4. The summed E-state index contributed by atoms with van der Waals surface area (Å²) < 4.78 is 54.0. The molecule has 6 rings (SSSR count). The number of benzene rings is 3. The molecule has 0 saturated carbocycles. The predicted octanol–water partition coefficient (Wildman–Crippen LogP) is 4.17. The number of ether oxygens (including phenoxy) is 1. The van der Waals surface area contributed by atoms with Crippen LogP contribution in [-0.2, 0) is 51.4 Å². The number of halogens is 3. The summed E-state index contributed by atoms with van der Waals surface area (Å²) in [5.41, 5.74) is -4.96. The first-order chi connectivity index (χ1) is 28.2. The van der Waals surface area contributed by atoms with E-state index in [9.17, 15) is 34.5 Å². The van der Waals surface area contributed by atoms with Crippen LogP contribution in [-0.4, -0.2) is 113 Å². The summed E-state index contributed by atoms with van der Waals surface area (Å²) in [6.45, 7) is 2.45. The van der Waals surface area contributed by atoms with Crippen LogP contribution >= 0.6 is 0 Å². The van der Waals surface area contributed by atoms with Crippen molar-refractivity contribution in [3.63, 3.8) is 0 Å². The lowest BCUT2D eigenvalue weighted by Gasteiger charge is -2.28. The fourth-order valence-corrected chi connectivity index (χ4v) is 8.72. The van der Waals surface area contributed by atoms with E-state index in [0.29, 0.717) is 72.5 Å². The summed E-state index contributed by atoms with van der Waals surface area (Å²) >= 11 is 0. The van der Waals surface area contributed by atoms with Crippen LogP contribution in [0.1, 0.15) is 47.1 Å². The Kier molecular flexibility index (Phi) is 14.0. The second-order valence-electron chi connectivity index (χ2n) is 16.2. The van der Waals surface area contributed by atoms with Gasteiger partial charge in [-0.3, -0.25) is 4.79 Å². The van der Waals surface area contributed by atoms with Gasteiger partial charge in [-0.25, -0.2) is 27.6 Å². The van der Waals surface area contributed by atoms with E-state index in [2.05, 4.69) is 16.0 Å². The average Bonchev–Trinajstić information content (AvgIpc) is 4.03. The van der Waals surface area contributed by atoms with Crippen molar-refractivity contribution in [1.29, 1.82) is 0 Å². The third kappa shape index (κ3) is 10.4. The Bertz CT molecular complexity index is 1970. The maximum Gasteiger partial charge on any atom is 0.342 e. The highest BCUT2D eigenvalue weighted by Crippen LogP contribution is 2.35. The van der Waals surface area contributed by atoms with Crippen molar-refractivity contribution in [1.82, 2.24) is 20.9 Å². The molecular formula is C44H53F3N4O8. The van der Waals surface area contributed by atoms with Gasteiger partial charge in [-0.2, -0.15) is 0 Å². The molecule has 0 bridgehead atoms. The first kappa shape index (κ1) is 43.6. The van der Waals surface area contributed by atoms with Crippen molar-refractivity contribution in [3.8, 4) is 5.75 Å². The molecule has 3 saturated heterocycles. The Hall–Kier alpha value is -4.99. The highest BCUT2D eigenvalue weighted by molar-refractivity contribution is 5.80. The smallest absolute Gasteiger partial charge is 0.342 e. The number of hydrogen-bond donors (Lipinski definition) is 6. The van der Waals surface area contributed by atoms with E-state index in [4.69, 9.17) is 4.74 Å². The molecule has 0 aliphatic carbocycles. The molecule has 3 heterocycles. The van der Waals surface area contributed by atoms with Crippen LogP contribution in [0.5, 0.6) is 5.75 Å². The molecule has 3 aromatic carbocycles. The van der Waals surface area contributed by atoms with Gasteiger partial charge in [0.2, 0.25) is 22.9 Å². The minimum Gasteiger partial charge on any atom is -0.492 e. The van der Waals surface area contributed by atoms with Gasteiger partial charge >= 0.3 is 17.9 Å². The summed E-state index contributed by atoms with van der Waals surface area (Å²) in [5.74, 6) is -6.66. The monoisotopic (exact) mass is 822 g/mol. The van der Waals surface area contributed by atoms with Crippen LogP contribution < -0.4 is 20.7 Å². The topological polar surface area (TPSA) is 178 Å². The van der Waals surface area contributed by atoms with E-state index in [1.165, 1.54) is 4.90 Å². The van der Waals surface area contributed by atoms with E-state index in [0.717, 1.165) is 0 Å². The van der Waals surface area contributed by atoms with Crippen molar-refractivity contribution in [2.24, 2.45) is 17.8 Å². The molecular weight excluding hydrogens is 769 g/mol. The van der Waals surface area contributed by atoms with Gasteiger partial charge in [-0.05, 0) is 78.8 Å². The Morgan fingerprint density at radius 3 is 1.46 bits per heavy atom. The Morgan fingerprint density at radius 2 is 1.02 bits per heavy atom. The molecule has 6 atom stereocenters. The minimum absolute atomic E-state index is 0.0130. The molecule has 15 heteroatoms. The molecule has 0 radical (unpaired) electrons. The average molecular weight is 823 g/mol. The molecule has 59 heavy (non-hydrogen) atoms. The third-order valence-corrected chi connectivity index (χ3v) is 12.2. The maximum absolute atomic E-state index is 16.1. The molecule has 3 aliphatic rings. The van der Waals surface area contributed by atoms with E-state index in [1.807, 2.05) is 0 Å². The number of carboxylic acid groups (broad SMARTS) is 3. The number of aliphatic carboxylic acids is 3. The van der Waals surface area contributed by atoms with Crippen LogP contribution in [0, 0.1) is 17.8 Å². The minimum atomic E-state index is -2.49.